The molecule has 1 aliphatic heterocycles. The summed E-state index contributed by atoms with van der Waals surface area (Å²) in [5, 5.41) is -0.196. The average Bonchev–Trinajstić information content (AvgIpc) is 2.68. The van der Waals surface area contributed by atoms with Gasteiger partial charge in [-0.25, -0.2) is 0 Å². The highest BCUT2D eigenvalue weighted by Gasteiger charge is 2.40. The lowest BCUT2D eigenvalue weighted by molar-refractivity contribution is -0.118. The molecule has 4 rings (SSSR count). The minimum absolute atomic E-state index is 0.0322. The zero-order valence-electron chi connectivity index (χ0n) is 14.3. The molecule has 2 nitrogen and oxygen atoms in total. The van der Waals surface area contributed by atoms with Gasteiger partial charge in [-0.2, -0.15) is 0 Å². The number of hydrogen-bond acceptors (Lipinski definition) is 2. The van der Waals surface area contributed by atoms with Crippen molar-refractivity contribution in [3.63, 3.8) is 0 Å². The predicted molar refractivity (Wildman–Crippen MR) is 112 cm³/mol. The fraction of sp³-hybridized carbons (Fsp3) is 0.136. The van der Waals surface area contributed by atoms with Crippen molar-refractivity contribution in [1.29, 1.82) is 0 Å². The van der Waals surface area contributed by atoms with Gasteiger partial charge in [-0.3, -0.25) is 4.79 Å². The van der Waals surface area contributed by atoms with E-state index in [-0.39, 0.29) is 17.1 Å². The summed E-state index contributed by atoms with van der Waals surface area (Å²) in [7, 11) is 1.87. The van der Waals surface area contributed by atoms with Gasteiger partial charge in [-0.15, -0.1) is 11.8 Å². The molecule has 2 atom stereocenters. The fourth-order valence-corrected chi connectivity index (χ4v) is 5.01. The Kier molecular flexibility index (Phi) is 4.88. The number of rotatable bonds is 3. The van der Waals surface area contributed by atoms with Crippen molar-refractivity contribution in [2.24, 2.45) is 0 Å². The highest BCUT2D eigenvalue weighted by atomic mass is 79.9. The van der Waals surface area contributed by atoms with Crippen LogP contribution in [0.4, 0.5) is 5.69 Å². The van der Waals surface area contributed by atoms with E-state index < -0.39 is 0 Å². The minimum Gasteiger partial charge on any atom is -0.314 e. The first-order chi connectivity index (χ1) is 12.6. The molecule has 0 radical (unpaired) electrons. The highest BCUT2D eigenvalue weighted by Crippen LogP contribution is 2.46. The standard InChI is InChI=1S/C22H18BrNOS/c1-24-19-10-6-5-9-18(19)20(15-7-3-2-4-8-15)21(22(24)25)26-17-13-11-16(23)12-14-17/h2-14,20-21H,1H3/t20-,21-/m1/s1. The zero-order valence-corrected chi connectivity index (χ0v) is 16.7. The lowest BCUT2D eigenvalue weighted by Gasteiger charge is -2.37. The first-order valence-electron chi connectivity index (χ1n) is 8.49. The number of nitrogens with zero attached hydrogens (tertiary/aromatic N) is 1. The molecular weight excluding hydrogens is 406 g/mol. The van der Waals surface area contributed by atoms with E-state index in [4.69, 9.17) is 0 Å². The monoisotopic (exact) mass is 423 g/mol. The number of benzene rings is 3. The van der Waals surface area contributed by atoms with Gasteiger partial charge in [-0.1, -0.05) is 64.5 Å². The Labute approximate surface area is 166 Å². The van der Waals surface area contributed by atoms with Crippen LogP contribution in [0.15, 0.2) is 88.2 Å². The van der Waals surface area contributed by atoms with Crippen LogP contribution < -0.4 is 4.90 Å². The maximum Gasteiger partial charge on any atom is 0.241 e. The Bertz CT molecular complexity index is 926. The molecule has 0 aromatic heterocycles. The molecule has 130 valence electrons. The molecule has 0 spiro atoms. The van der Waals surface area contributed by atoms with Crippen LogP contribution in [-0.2, 0) is 4.79 Å². The average molecular weight is 424 g/mol. The van der Waals surface area contributed by atoms with Gasteiger partial charge in [-0.05, 0) is 41.5 Å². The number of amides is 1. The van der Waals surface area contributed by atoms with E-state index in [0.717, 1.165) is 15.1 Å². The zero-order chi connectivity index (χ0) is 18.1. The number of hydrogen-bond donors (Lipinski definition) is 0. The topological polar surface area (TPSA) is 20.3 Å². The molecule has 0 bridgehead atoms. The van der Waals surface area contributed by atoms with Crippen LogP contribution >= 0.6 is 27.7 Å². The van der Waals surface area contributed by atoms with Crippen LogP contribution in [0.2, 0.25) is 0 Å². The Hall–Kier alpha value is -2.04. The second kappa shape index (κ2) is 7.29. The number of anilines is 1. The quantitative estimate of drug-likeness (QED) is 0.536. The van der Waals surface area contributed by atoms with Crippen molar-refractivity contribution >= 4 is 39.3 Å². The van der Waals surface area contributed by atoms with Gasteiger partial charge in [0, 0.05) is 28.0 Å². The van der Waals surface area contributed by atoms with Crippen molar-refractivity contribution in [3.05, 3.63) is 94.5 Å². The summed E-state index contributed by atoms with van der Waals surface area (Å²) in [5.41, 5.74) is 3.38. The van der Waals surface area contributed by atoms with E-state index in [9.17, 15) is 4.79 Å². The van der Waals surface area contributed by atoms with Crippen molar-refractivity contribution in [2.75, 3.05) is 11.9 Å². The lowest BCUT2D eigenvalue weighted by Crippen LogP contribution is -2.43. The van der Waals surface area contributed by atoms with Crippen molar-refractivity contribution < 1.29 is 4.79 Å². The molecule has 0 aliphatic carbocycles. The largest absolute Gasteiger partial charge is 0.314 e. The SMILES string of the molecule is CN1C(=O)[C@H](Sc2ccc(Br)cc2)[C@H](c2ccccc2)c2ccccc21. The minimum atomic E-state index is -0.196. The molecule has 0 saturated carbocycles. The van der Waals surface area contributed by atoms with Crippen molar-refractivity contribution in [3.8, 4) is 0 Å². The van der Waals surface area contributed by atoms with E-state index in [1.165, 1.54) is 11.1 Å². The Morgan fingerprint density at radius 2 is 1.54 bits per heavy atom. The van der Waals surface area contributed by atoms with Crippen LogP contribution in [0.5, 0.6) is 0 Å². The Balaban J connectivity index is 1.82. The molecule has 3 aromatic carbocycles. The van der Waals surface area contributed by atoms with E-state index in [1.807, 2.05) is 49.5 Å². The second-order valence-electron chi connectivity index (χ2n) is 6.34. The molecule has 0 saturated heterocycles. The van der Waals surface area contributed by atoms with E-state index >= 15 is 0 Å². The number of thioether (sulfide) groups is 1. The molecule has 26 heavy (non-hydrogen) atoms. The van der Waals surface area contributed by atoms with Crippen molar-refractivity contribution in [1.82, 2.24) is 0 Å². The van der Waals surface area contributed by atoms with Crippen LogP contribution in [-0.4, -0.2) is 18.2 Å². The maximum absolute atomic E-state index is 13.2. The summed E-state index contributed by atoms with van der Waals surface area (Å²) in [4.78, 5) is 16.1. The molecule has 1 heterocycles. The van der Waals surface area contributed by atoms with E-state index in [1.54, 1.807) is 16.7 Å². The number of carbonyl (C=O) groups excluding carboxylic acids is 1. The molecule has 0 fully saturated rings. The van der Waals surface area contributed by atoms with Crippen LogP contribution in [0.1, 0.15) is 17.0 Å². The predicted octanol–water partition coefficient (Wildman–Crippen LogP) is 5.72. The lowest BCUT2D eigenvalue weighted by atomic mass is 9.84. The van der Waals surface area contributed by atoms with Gasteiger partial charge in [0.25, 0.3) is 0 Å². The molecule has 1 aliphatic rings. The van der Waals surface area contributed by atoms with Gasteiger partial charge >= 0.3 is 0 Å². The van der Waals surface area contributed by atoms with Gasteiger partial charge in [0.1, 0.15) is 0 Å². The third-order valence-corrected chi connectivity index (χ3v) is 6.55. The molecule has 0 N–H and O–H groups in total. The van der Waals surface area contributed by atoms with E-state index in [0.29, 0.717) is 0 Å². The summed E-state index contributed by atoms with van der Waals surface area (Å²) >= 11 is 5.12. The molecule has 4 heteroatoms. The number of para-hydroxylation sites is 1. The summed E-state index contributed by atoms with van der Waals surface area (Å²) in [6.45, 7) is 0. The Morgan fingerprint density at radius 3 is 2.27 bits per heavy atom. The van der Waals surface area contributed by atoms with Gasteiger partial charge in [0.05, 0.1) is 5.25 Å². The summed E-state index contributed by atoms with van der Waals surface area (Å²) in [6.07, 6.45) is 0. The summed E-state index contributed by atoms with van der Waals surface area (Å²) < 4.78 is 1.04. The molecular formula is C22H18BrNOS. The van der Waals surface area contributed by atoms with Gasteiger partial charge in [0.2, 0.25) is 5.91 Å². The fourth-order valence-electron chi connectivity index (χ4n) is 3.46. The second-order valence-corrected chi connectivity index (χ2v) is 8.47. The third-order valence-electron chi connectivity index (χ3n) is 4.75. The first kappa shape index (κ1) is 17.4. The van der Waals surface area contributed by atoms with Crippen molar-refractivity contribution in [2.45, 2.75) is 16.1 Å². The van der Waals surface area contributed by atoms with Crippen LogP contribution in [0.3, 0.4) is 0 Å². The first-order valence-corrected chi connectivity index (χ1v) is 10.2. The number of carbonyl (C=O) groups is 1. The molecule has 3 aromatic rings. The number of halogens is 1. The van der Waals surface area contributed by atoms with Gasteiger partial charge in [0.15, 0.2) is 0 Å². The normalized spacial score (nSPS) is 19.3. The summed E-state index contributed by atoms with van der Waals surface area (Å²) in [5.74, 6) is 0.176. The highest BCUT2D eigenvalue weighted by molar-refractivity contribution is 9.10. The smallest absolute Gasteiger partial charge is 0.241 e. The van der Waals surface area contributed by atoms with E-state index in [2.05, 4.69) is 52.3 Å². The Morgan fingerprint density at radius 1 is 0.885 bits per heavy atom. The molecule has 0 unspecified atom stereocenters. The summed E-state index contributed by atoms with van der Waals surface area (Å²) in [6, 6.07) is 26.7. The molecule has 1 amide bonds. The van der Waals surface area contributed by atoms with Gasteiger partial charge < -0.3 is 4.90 Å². The maximum atomic E-state index is 13.2. The number of fused-ring (bicyclic) bond motifs is 1. The third kappa shape index (κ3) is 3.19. The van der Waals surface area contributed by atoms with Crippen LogP contribution in [0, 0.1) is 0 Å². The van der Waals surface area contributed by atoms with Crippen LogP contribution in [0.25, 0.3) is 0 Å².